The summed E-state index contributed by atoms with van der Waals surface area (Å²) >= 11 is 0. The van der Waals surface area contributed by atoms with Crippen molar-refractivity contribution < 1.29 is 0 Å². The fourth-order valence-electron chi connectivity index (χ4n) is 2.89. The summed E-state index contributed by atoms with van der Waals surface area (Å²) in [5.41, 5.74) is 7.90. The minimum atomic E-state index is 0.304. The van der Waals surface area contributed by atoms with Gasteiger partial charge in [-0.3, -0.25) is 0 Å². The van der Waals surface area contributed by atoms with Gasteiger partial charge >= 0.3 is 0 Å². The van der Waals surface area contributed by atoms with Crippen LogP contribution in [0.25, 0.3) is 0 Å². The quantitative estimate of drug-likeness (QED) is 0.612. The summed E-state index contributed by atoms with van der Waals surface area (Å²) in [6.07, 6.45) is 5.77. The van der Waals surface area contributed by atoms with Crippen molar-refractivity contribution >= 4 is 0 Å². The molecule has 0 radical (unpaired) electrons. The Morgan fingerprint density at radius 1 is 1.19 bits per heavy atom. The molecule has 0 amide bonds. The molecule has 1 aliphatic rings. The lowest BCUT2D eigenvalue weighted by molar-refractivity contribution is 0.367. The van der Waals surface area contributed by atoms with Crippen LogP contribution in [0, 0.1) is 26.2 Å². The second kappa shape index (κ2) is 3.76. The lowest BCUT2D eigenvalue weighted by Crippen LogP contribution is -2.25. The Bertz CT molecular complexity index is 440. The number of aryl methyl sites for hydroxylation is 2. The molecule has 1 aliphatic carbocycles. The molecule has 0 aliphatic heterocycles. The highest BCUT2D eigenvalue weighted by Crippen LogP contribution is 2.39. The number of allylic oxidation sites excluding steroid dienone is 1. The van der Waals surface area contributed by atoms with E-state index in [-0.39, 0.29) is 0 Å². The predicted molar refractivity (Wildman–Crippen MR) is 71.0 cm³/mol. The summed E-state index contributed by atoms with van der Waals surface area (Å²) in [6, 6.07) is 2.34. The van der Waals surface area contributed by atoms with Crippen molar-refractivity contribution in [3.8, 4) is 0 Å². The number of rotatable bonds is 1. The van der Waals surface area contributed by atoms with Crippen molar-refractivity contribution in [1.82, 2.24) is 0 Å². The molecule has 0 bridgehead atoms. The maximum absolute atomic E-state index is 4.00. The Morgan fingerprint density at radius 3 is 2.50 bits per heavy atom. The second-order valence-corrected chi connectivity index (χ2v) is 5.63. The summed E-state index contributed by atoms with van der Waals surface area (Å²) in [4.78, 5) is 0. The normalized spacial score (nSPS) is 24.0. The monoisotopic (exact) mass is 214 g/mol. The Kier molecular flexibility index (Phi) is 2.69. The molecule has 2 rings (SSSR count). The van der Waals surface area contributed by atoms with Crippen molar-refractivity contribution in [2.45, 2.75) is 47.0 Å². The van der Waals surface area contributed by atoms with Gasteiger partial charge in [0.25, 0.3) is 0 Å². The minimum absolute atomic E-state index is 0.304. The Hall–Kier alpha value is -1.04. The molecule has 0 aromatic heterocycles. The van der Waals surface area contributed by atoms with E-state index in [1.807, 2.05) is 0 Å². The Labute approximate surface area is 99.4 Å². The summed E-state index contributed by atoms with van der Waals surface area (Å²) < 4.78 is 0. The summed E-state index contributed by atoms with van der Waals surface area (Å²) in [5, 5.41) is 0. The molecule has 0 heterocycles. The van der Waals surface area contributed by atoms with Crippen LogP contribution in [0.5, 0.6) is 0 Å². The van der Waals surface area contributed by atoms with Crippen LogP contribution in [0.15, 0.2) is 18.7 Å². The van der Waals surface area contributed by atoms with Gasteiger partial charge in [-0.15, -0.1) is 6.58 Å². The first-order chi connectivity index (χ1) is 7.47. The van der Waals surface area contributed by atoms with E-state index in [1.54, 1.807) is 11.1 Å². The molecule has 1 unspecified atom stereocenters. The molecule has 0 heteroatoms. The Balaban J connectivity index is 2.56. The molecule has 1 aromatic rings. The van der Waals surface area contributed by atoms with Gasteiger partial charge in [-0.2, -0.15) is 0 Å². The van der Waals surface area contributed by atoms with E-state index in [0.717, 1.165) is 0 Å². The fourth-order valence-corrected chi connectivity index (χ4v) is 2.89. The number of fused-ring (bicyclic) bond motifs is 1. The number of benzene rings is 1. The maximum Gasteiger partial charge on any atom is -0.0105 e. The van der Waals surface area contributed by atoms with Crippen molar-refractivity contribution in [1.29, 1.82) is 0 Å². The second-order valence-electron chi connectivity index (χ2n) is 5.63. The smallest absolute Gasteiger partial charge is 0.0105 e. The lowest BCUT2D eigenvalue weighted by atomic mass is 9.70. The summed E-state index contributed by atoms with van der Waals surface area (Å²) in [6.45, 7) is 13.1. The van der Waals surface area contributed by atoms with E-state index in [9.17, 15) is 0 Å². The third kappa shape index (κ3) is 1.71. The van der Waals surface area contributed by atoms with Crippen LogP contribution in [-0.4, -0.2) is 0 Å². The van der Waals surface area contributed by atoms with Gasteiger partial charge in [0, 0.05) is 0 Å². The lowest BCUT2D eigenvalue weighted by Gasteiger charge is -2.34. The molecule has 0 fully saturated rings. The van der Waals surface area contributed by atoms with Crippen molar-refractivity contribution in [3.05, 3.63) is 46.5 Å². The average molecular weight is 214 g/mol. The van der Waals surface area contributed by atoms with Crippen molar-refractivity contribution in [2.24, 2.45) is 5.41 Å². The first kappa shape index (κ1) is 11.4. The third-order valence-corrected chi connectivity index (χ3v) is 4.34. The molecule has 1 aromatic carbocycles. The van der Waals surface area contributed by atoms with E-state index < -0.39 is 0 Å². The highest BCUT2D eigenvalue weighted by atomic mass is 14.3. The Morgan fingerprint density at radius 2 is 1.88 bits per heavy atom. The molecular weight excluding hydrogens is 192 g/mol. The van der Waals surface area contributed by atoms with Crippen LogP contribution in [-0.2, 0) is 12.8 Å². The zero-order valence-electron chi connectivity index (χ0n) is 11.0. The van der Waals surface area contributed by atoms with Gasteiger partial charge in [-0.25, -0.2) is 0 Å². The first-order valence-electron chi connectivity index (χ1n) is 6.19. The highest BCUT2D eigenvalue weighted by molar-refractivity contribution is 5.47. The maximum atomic E-state index is 4.00. The molecule has 0 spiro atoms. The summed E-state index contributed by atoms with van der Waals surface area (Å²) in [5.74, 6) is 0. The van der Waals surface area contributed by atoms with E-state index in [1.165, 1.54) is 36.0 Å². The van der Waals surface area contributed by atoms with Gasteiger partial charge in [0.2, 0.25) is 0 Å². The SMILES string of the molecule is C=CC1(C)CCc2c(C)cc(C)c(C)c2C1. The van der Waals surface area contributed by atoms with E-state index >= 15 is 0 Å². The number of hydrogen-bond donors (Lipinski definition) is 0. The van der Waals surface area contributed by atoms with E-state index in [0.29, 0.717) is 5.41 Å². The van der Waals surface area contributed by atoms with Gasteiger partial charge < -0.3 is 0 Å². The molecule has 0 saturated carbocycles. The molecule has 1 atom stereocenters. The average Bonchev–Trinajstić information content (AvgIpc) is 2.26. The van der Waals surface area contributed by atoms with Crippen LogP contribution in [0.2, 0.25) is 0 Å². The molecule has 0 saturated heterocycles. The van der Waals surface area contributed by atoms with E-state index in [2.05, 4.69) is 46.4 Å². The predicted octanol–water partition coefficient (Wildman–Crippen LogP) is 4.29. The van der Waals surface area contributed by atoms with Crippen LogP contribution in [0.4, 0.5) is 0 Å². The highest BCUT2D eigenvalue weighted by Gasteiger charge is 2.28. The van der Waals surface area contributed by atoms with Gasteiger partial charge in [-0.05, 0) is 73.3 Å². The largest absolute Gasteiger partial charge is 0.103 e. The molecule has 86 valence electrons. The van der Waals surface area contributed by atoms with Gasteiger partial charge in [0.15, 0.2) is 0 Å². The third-order valence-electron chi connectivity index (χ3n) is 4.34. The first-order valence-corrected chi connectivity index (χ1v) is 6.19. The molecule has 0 nitrogen and oxygen atoms in total. The molecule has 0 N–H and O–H groups in total. The minimum Gasteiger partial charge on any atom is -0.103 e. The van der Waals surface area contributed by atoms with E-state index in [4.69, 9.17) is 0 Å². The molecular formula is C16H22. The number of hydrogen-bond acceptors (Lipinski definition) is 0. The van der Waals surface area contributed by atoms with Crippen LogP contribution >= 0.6 is 0 Å². The van der Waals surface area contributed by atoms with Crippen LogP contribution in [0.1, 0.15) is 41.2 Å². The van der Waals surface area contributed by atoms with Gasteiger partial charge in [0.1, 0.15) is 0 Å². The van der Waals surface area contributed by atoms with Gasteiger partial charge in [0.05, 0.1) is 0 Å². The summed E-state index contributed by atoms with van der Waals surface area (Å²) in [7, 11) is 0. The molecule has 16 heavy (non-hydrogen) atoms. The van der Waals surface area contributed by atoms with Gasteiger partial charge in [-0.1, -0.05) is 19.1 Å². The van der Waals surface area contributed by atoms with Crippen LogP contribution in [0.3, 0.4) is 0 Å². The fraction of sp³-hybridized carbons (Fsp3) is 0.500. The van der Waals surface area contributed by atoms with Crippen LogP contribution < -0.4 is 0 Å². The zero-order chi connectivity index (χ0) is 11.9. The zero-order valence-corrected chi connectivity index (χ0v) is 11.0. The standard InChI is InChI=1S/C16H22/c1-6-16(5)8-7-14-12(3)9-11(2)13(4)15(14)10-16/h6,9H,1,7-8,10H2,2-5H3. The van der Waals surface area contributed by atoms with Crippen molar-refractivity contribution in [3.63, 3.8) is 0 Å². The van der Waals surface area contributed by atoms with Crippen molar-refractivity contribution in [2.75, 3.05) is 0 Å². The topological polar surface area (TPSA) is 0 Å².